The molecular formula is C21H28N4O4S. The number of fused-ring (bicyclic) bond motifs is 1. The summed E-state index contributed by atoms with van der Waals surface area (Å²) in [5, 5.41) is 12.8. The molecule has 162 valence electrons. The molecule has 2 saturated heterocycles. The van der Waals surface area contributed by atoms with E-state index in [1.165, 1.54) is 11.3 Å². The molecule has 2 aliphatic heterocycles. The Balaban J connectivity index is 1.56. The normalized spacial score (nSPS) is 21.1. The van der Waals surface area contributed by atoms with Crippen LogP contribution in [-0.2, 0) is 9.53 Å². The van der Waals surface area contributed by atoms with Crippen molar-refractivity contribution in [2.75, 3.05) is 45.9 Å². The van der Waals surface area contributed by atoms with E-state index in [2.05, 4.69) is 15.2 Å². The third kappa shape index (κ3) is 4.34. The highest BCUT2D eigenvalue weighted by Gasteiger charge is 2.34. The lowest BCUT2D eigenvalue weighted by molar-refractivity contribution is -0.131. The van der Waals surface area contributed by atoms with Crippen molar-refractivity contribution in [2.24, 2.45) is 0 Å². The Labute approximate surface area is 179 Å². The molecule has 0 saturated carbocycles. The lowest BCUT2D eigenvalue weighted by Gasteiger charge is -2.42. The molecule has 0 radical (unpaired) electrons. The molecule has 2 N–H and O–H groups in total. The fraction of sp³-hybridized carbons (Fsp3) is 0.571. The van der Waals surface area contributed by atoms with E-state index in [1.54, 1.807) is 13.1 Å². The number of ether oxygens (including phenoxy) is 1. The average molecular weight is 433 g/mol. The minimum atomic E-state index is -0.211. The van der Waals surface area contributed by atoms with Crippen molar-refractivity contribution in [3.05, 3.63) is 28.8 Å². The molecule has 0 aromatic carbocycles. The molecule has 0 aliphatic carbocycles. The van der Waals surface area contributed by atoms with Crippen LogP contribution < -0.4 is 5.32 Å². The van der Waals surface area contributed by atoms with E-state index < -0.39 is 0 Å². The summed E-state index contributed by atoms with van der Waals surface area (Å²) in [5.41, 5.74) is 0.893. The van der Waals surface area contributed by atoms with Gasteiger partial charge in [-0.3, -0.25) is 14.5 Å². The third-order valence-electron chi connectivity index (χ3n) is 5.95. The number of piperidine rings is 1. The number of carbonyl (C=O) groups excluding carboxylic acids is 2. The van der Waals surface area contributed by atoms with E-state index >= 15 is 0 Å². The first-order valence-electron chi connectivity index (χ1n) is 10.5. The zero-order valence-corrected chi connectivity index (χ0v) is 18.0. The molecule has 0 bridgehead atoms. The Morgan fingerprint density at radius 1 is 1.33 bits per heavy atom. The predicted octanol–water partition coefficient (Wildman–Crippen LogP) is 1.40. The largest absolute Gasteiger partial charge is 0.395 e. The summed E-state index contributed by atoms with van der Waals surface area (Å²) in [7, 11) is 0. The van der Waals surface area contributed by atoms with E-state index in [-0.39, 0.29) is 31.1 Å². The Bertz CT molecular complexity index is 910. The minimum Gasteiger partial charge on any atom is -0.395 e. The van der Waals surface area contributed by atoms with Crippen molar-refractivity contribution >= 4 is 33.4 Å². The van der Waals surface area contributed by atoms with Crippen LogP contribution in [0.2, 0.25) is 0 Å². The maximum atomic E-state index is 12.8. The van der Waals surface area contributed by atoms with Gasteiger partial charge >= 0.3 is 0 Å². The second-order valence-electron chi connectivity index (χ2n) is 7.77. The number of rotatable bonds is 5. The maximum Gasteiger partial charge on any atom is 0.261 e. The molecule has 0 unspecified atom stereocenters. The summed E-state index contributed by atoms with van der Waals surface area (Å²) in [6, 6.07) is 4.29. The van der Waals surface area contributed by atoms with Gasteiger partial charge in [0.25, 0.3) is 5.91 Å². The summed E-state index contributed by atoms with van der Waals surface area (Å²) in [6.07, 6.45) is 3.44. The van der Waals surface area contributed by atoms with Gasteiger partial charge in [0.15, 0.2) is 0 Å². The van der Waals surface area contributed by atoms with Crippen molar-refractivity contribution < 1.29 is 19.4 Å². The Morgan fingerprint density at radius 3 is 2.87 bits per heavy atom. The fourth-order valence-electron chi connectivity index (χ4n) is 4.41. The summed E-state index contributed by atoms with van der Waals surface area (Å²) >= 11 is 1.37. The number of aliphatic hydroxyl groups is 1. The van der Waals surface area contributed by atoms with Crippen LogP contribution in [0, 0.1) is 0 Å². The van der Waals surface area contributed by atoms with Gasteiger partial charge in [0.2, 0.25) is 5.91 Å². The van der Waals surface area contributed by atoms with E-state index in [0.717, 1.165) is 48.3 Å². The molecule has 9 heteroatoms. The molecule has 1 atom stereocenters. The summed E-state index contributed by atoms with van der Waals surface area (Å²) in [5.74, 6) is -0.0541. The number of morpholine rings is 1. The van der Waals surface area contributed by atoms with Gasteiger partial charge in [-0.2, -0.15) is 0 Å². The number of aliphatic hydroxyl groups excluding tert-OH is 1. The summed E-state index contributed by atoms with van der Waals surface area (Å²) in [4.78, 5) is 34.6. The minimum absolute atomic E-state index is 0.100. The number of hydrogen-bond acceptors (Lipinski definition) is 7. The quantitative estimate of drug-likeness (QED) is 0.742. The molecule has 4 rings (SSSR count). The van der Waals surface area contributed by atoms with Gasteiger partial charge in [-0.1, -0.05) is 6.07 Å². The van der Waals surface area contributed by atoms with Gasteiger partial charge in [0.05, 0.1) is 19.3 Å². The first kappa shape index (κ1) is 21.2. The van der Waals surface area contributed by atoms with Gasteiger partial charge in [0, 0.05) is 62.8 Å². The lowest BCUT2D eigenvalue weighted by Crippen LogP contribution is -2.50. The fourth-order valence-corrected chi connectivity index (χ4v) is 5.52. The first-order valence-corrected chi connectivity index (χ1v) is 11.3. The highest BCUT2D eigenvalue weighted by atomic mass is 32.1. The monoisotopic (exact) mass is 432 g/mol. The number of hydrogen-bond donors (Lipinski definition) is 2. The Morgan fingerprint density at radius 2 is 2.13 bits per heavy atom. The standard InChI is InChI=1S/C21H28N4O4S/c1-14(27)24-8-4-15(5-9-24)25-10-12-29-17(13-25)18-16-3-2-6-23-21(16)30-19(18)20(28)22-7-11-26/h2-3,6,15,17,26H,4-5,7-13H2,1H3,(H,22,28)/t17-/m1/s1. The van der Waals surface area contributed by atoms with Crippen molar-refractivity contribution in [3.8, 4) is 0 Å². The topological polar surface area (TPSA) is 95.0 Å². The number of nitrogens with one attached hydrogen (secondary N) is 1. The van der Waals surface area contributed by atoms with Crippen LogP contribution in [0.5, 0.6) is 0 Å². The van der Waals surface area contributed by atoms with E-state index in [0.29, 0.717) is 24.1 Å². The van der Waals surface area contributed by atoms with Crippen molar-refractivity contribution in [1.29, 1.82) is 0 Å². The predicted molar refractivity (Wildman–Crippen MR) is 115 cm³/mol. The lowest BCUT2D eigenvalue weighted by atomic mass is 9.99. The number of thiophene rings is 1. The molecule has 2 fully saturated rings. The molecule has 0 spiro atoms. The molecule has 2 aliphatic rings. The van der Waals surface area contributed by atoms with Crippen molar-refractivity contribution in [2.45, 2.75) is 31.9 Å². The van der Waals surface area contributed by atoms with Gasteiger partial charge in [0.1, 0.15) is 9.71 Å². The van der Waals surface area contributed by atoms with Crippen LogP contribution in [0.1, 0.15) is 41.1 Å². The highest BCUT2D eigenvalue weighted by Crippen LogP contribution is 2.38. The molecule has 30 heavy (non-hydrogen) atoms. The SMILES string of the molecule is CC(=O)N1CCC(N2CCO[C@@H](c3c(C(=O)NCCO)sc4ncccc34)C2)CC1. The van der Waals surface area contributed by atoms with E-state index in [9.17, 15) is 9.59 Å². The number of amides is 2. The molecule has 2 aromatic heterocycles. The average Bonchev–Trinajstić information content (AvgIpc) is 3.17. The van der Waals surface area contributed by atoms with E-state index in [4.69, 9.17) is 9.84 Å². The molecular weight excluding hydrogens is 404 g/mol. The van der Waals surface area contributed by atoms with Gasteiger partial charge in [-0.15, -0.1) is 11.3 Å². The third-order valence-corrected chi connectivity index (χ3v) is 7.08. The number of carbonyl (C=O) groups is 2. The van der Waals surface area contributed by atoms with Crippen LogP contribution in [0.3, 0.4) is 0 Å². The molecule has 8 nitrogen and oxygen atoms in total. The van der Waals surface area contributed by atoms with Crippen LogP contribution in [0.15, 0.2) is 18.3 Å². The van der Waals surface area contributed by atoms with Crippen molar-refractivity contribution in [1.82, 2.24) is 20.1 Å². The van der Waals surface area contributed by atoms with Crippen LogP contribution >= 0.6 is 11.3 Å². The molecule has 4 heterocycles. The van der Waals surface area contributed by atoms with Gasteiger partial charge in [-0.05, 0) is 18.9 Å². The molecule has 2 amide bonds. The van der Waals surface area contributed by atoms with Crippen LogP contribution in [-0.4, -0.2) is 83.7 Å². The number of likely N-dealkylation sites (tertiary alicyclic amines) is 1. The number of aromatic nitrogens is 1. The second-order valence-corrected chi connectivity index (χ2v) is 8.77. The Hall–Kier alpha value is -2.07. The maximum absolute atomic E-state index is 12.8. The molecule has 2 aromatic rings. The first-order chi connectivity index (χ1) is 14.6. The van der Waals surface area contributed by atoms with Crippen LogP contribution in [0.4, 0.5) is 0 Å². The van der Waals surface area contributed by atoms with Crippen LogP contribution in [0.25, 0.3) is 10.2 Å². The Kier molecular flexibility index (Phi) is 6.62. The van der Waals surface area contributed by atoms with Gasteiger partial charge in [-0.25, -0.2) is 4.98 Å². The van der Waals surface area contributed by atoms with E-state index in [1.807, 2.05) is 17.0 Å². The smallest absolute Gasteiger partial charge is 0.261 e. The van der Waals surface area contributed by atoms with Crippen molar-refractivity contribution in [3.63, 3.8) is 0 Å². The number of pyridine rings is 1. The highest BCUT2D eigenvalue weighted by molar-refractivity contribution is 7.20. The summed E-state index contributed by atoms with van der Waals surface area (Å²) in [6.45, 7) is 5.50. The number of nitrogens with zero attached hydrogens (tertiary/aromatic N) is 3. The van der Waals surface area contributed by atoms with Gasteiger partial charge < -0.3 is 20.1 Å². The summed E-state index contributed by atoms with van der Waals surface area (Å²) < 4.78 is 6.15. The zero-order valence-electron chi connectivity index (χ0n) is 17.2. The second kappa shape index (κ2) is 9.38. The zero-order chi connectivity index (χ0) is 21.1.